The maximum atomic E-state index is 12.2. The number of rotatable bonds is 8. The third kappa shape index (κ3) is 5.72. The van der Waals surface area contributed by atoms with Gasteiger partial charge in [0.2, 0.25) is 0 Å². The number of terminal acetylenes is 1. The van der Waals surface area contributed by atoms with Gasteiger partial charge in [0.15, 0.2) is 11.4 Å². The molecule has 4 unspecified atom stereocenters. The van der Waals surface area contributed by atoms with Crippen LogP contribution >= 0.6 is 38.1 Å². The summed E-state index contributed by atoms with van der Waals surface area (Å²) in [5, 5.41) is 25.2. The summed E-state index contributed by atoms with van der Waals surface area (Å²) in [6.45, 7) is 0. The second kappa shape index (κ2) is 9.34. The van der Waals surface area contributed by atoms with Gasteiger partial charge in [-0.1, -0.05) is 5.92 Å². The van der Waals surface area contributed by atoms with Crippen LogP contribution in [0.4, 0.5) is 5.82 Å². The fourth-order valence-electron chi connectivity index (χ4n) is 3.19. The Labute approximate surface area is 189 Å². The number of fused-ring (bicyclic) bond motifs is 1. The molecule has 0 amide bonds. The molecule has 8 atom stereocenters. The molecule has 1 aliphatic heterocycles. The average molecular weight is 562 g/mol. The monoisotopic (exact) mass is 562 g/mol. The third-order valence-electron chi connectivity index (χ3n) is 4.51. The van der Waals surface area contributed by atoms with Crippen molar-refractivity contribution in [3.8, 4) is 12.3 Å². The molecule has 8 N–H and O–H groups in total. The fraction of sp³-hybridized carbons (Fsp3) is 0.385. The second-order valence-corrected chi connectivity index (χ2v) is 20.0. The van der Waals surface area contributed by atoms with Crippen LogP contribution in [0.15, 0.2) is 18.5 Å². The number of nitrogen functional groups attached to an aromatic ring is 1. The molecule has 0 aromatic carbocycles. The average Bonchev–Trinajstić information content (AvgIpc) is 3.20. The van der Waals surface area contributed by atoms with Gasteiger partial charge >= 0.3 is 21.9 Å². The van der Waals surface area contributed by atoms with Crippen LogP contribution in [0.25, 0.3) is 5.52 Å². The molecule has 182 valence electrons. The fourth-order valence-corrected chi connectivity index (χ4v) is 15.6. The number of aliphatic hydroxyl groups excluding tert-OH is 2. The smallest absolute Gasteiger partial charge is 0.363 e. The zero-order valence-corrected chi connectivity index (χ0v) is 20.9. The Bertz CT molecular complexity index is 1240. The van der Waals surface area contributed by atoms with E-state index in [0.717, 1.165) is 6.33 Å². The Kier molecular flexibility index (Phi) is 7.59. The Morgan fingerprint density at radius 3 is 2.52 bits per heavy atom. The zero-order chi connectivity index (χ0) is 24.8. The molecule has 2 aromatic rings. The van der Waals surface area contributed by atoms with Gasteiger partial charge in [0.25, 0.3) is 0 Å². The van der Waals surface area contributed by atoms with Gasteiger partial charge in [0.1, 0.15) is 32.0 Å². The predicted molar refractivity (Wildman–Crippen MR) is 119 cm³/mol. The van der Waals surface area contributed by atoms with E-state index in [1.807, 2.05) is 0 Å². The van der Waals surface area contributed by atoms with E-state index in [2.05, 4.69) is 20.3 Å². The molecule has 0 saturated carbocycles. The van der Waals surface area contributed by atoms with Crippen molar-refractivity contribution >= 4 is 49.4 Å². The summed E-state index contributed by atoms with van der Waals surface area (Å²) in [4.78, 5) is 40.8. The van der Waals surface area contributed by atoms with Crippen LogP contribution in [0.5, 0.6) is 0 Å². The van der Waals surface area contributed by atoms with Crippen LogP contribution in [0.1, 0.15) is 5.69 Å². The minimum Gasteiger partial charge on any atom is -0.388 e. The van der Waals surface area contributed by atoms with Crippen LogP contribution in [0, 0.1) is 12.3 Å². The Balaban J connectivity index is 1.80. The van der Waals surface area contributed by atoms with Crippen LogP contribution < -0.4 is 5.73 Å². The van der Waals surface area contributed by atoms with Gasteiger partial charge in [-0.3, -0.25) is 13.7 Å². The second-order valence-electron chi connectivity index (χ2n) is 6.76. The highest BCUT2D eigenvalue weighted by molar-refractivity contribution is 8.52. The molecular formula is C13H19N4O11P5. The normalized spacial score (nSPS) is 30.2. The maximum Gasteiger partial charge on any atom is 0.363 e. The van der Waals surface area contributed by atoms with Gasteiger partial charge in [0, 0.05) is 14.4 Å². The van der Waals surface area contributed by atoms with Gasteiger partial charge in [-0.05, 0) is 12.1 Å². The van der Waals surface area contributed by atoms with E-state index < -0.39 is 68.2 Å². The number of aromatic nitrogens is 3. The van der Waals surface area contributed by atoms with Crippen molar-refractivity contribution < 1.29 is 52.5 Å². The molecule has 0 spiro atoms. The van der Waals surface area contributed by atoms with E-state index in [0.29, 0.717) is 5.52 Å². The number of nitrogens with zero attached hydrogens (tertiary/aromatic N) is 3. The molecule has 20 heteroatoms. The Hall–Kier alpha value is -0.790. The number of aliphatic hydroxyl groups is 2. The molecular weight excluding hydrogens is 543 g/mol. The van der Waals surface area contributed by atoms with Gasteiger partial charge in [-0.15, -0.1) is 6.42 Å². The highest BCUT2D eigenvalue weighted by Crippen LogP contribution is 2.84. The minimum atomic E-state index is -5.08. The molecule has 3 rings (SSSR count). The summed E-state index contributed by atoms with van der Waals surface area (Å²) < 4.78 is 46.1. The van der Waals surface area contributed by atoms with Crippen LogP contribution in [0.3, 0.4) is 0 Å². The first kappa shape index (κ1) is 26.8. The number of hydrogen-bond acceptors (Lipinski definition) is 10. The van der Waals surface area contributed by atoms with E-state index in [1.54, 1.807) is 0 Å². The number of hydrogen-bond donors (Lipinski definition) is 7. The maximum absolute atomic E-state index is 12.2. The van der Waals surface area contributed by atoms with E-state index in [9.17, 15) is 33.7 Å². The van der Waals surface area contributed by atoms with Crippen molar-refractivity contribution in [2.75, 3.05) is 11.9 Å². The molecule has 3 heterocycles. The van der Waals surface area contributed by atoms with Crippen LogP contribution in [-0.4, -0.2) is 68.9 Å². The van der Waals surface area contributed by atoms with E-state index in [-0.39, 0.29) is 11.5 Å². The summed E-state index contributed by atoms with van der Waals surface area (Å²) in [5.74, 6) is 2.39. The van der Waals surface area contributed by atoms with Crippen molar-refractivity contribution in [3.05, 3.63) is 24.2 Å². The molecule has 0 bridgehead atoms. The van der Waals surface area contributed by atoms with Crippen molar-refractivity contribution in [2.45, 2.75) is 23.9 Å². The van der Waals surface area contributed by atoms with Crippen molar-refractivity contribution in [2.24, 2.45) is 0 Å². The SMILES string of the molecule is C#C[C@@]1(c2ccc3c(N)ncnn23)O[C@H](CPP(=O)(O)OP(=O)(O)PP(=O)(O)O)[C@@H](O)[C@H]1O. The topological polar surface area (TPSA) is 247 Å². The summed E-state index contributed by atoms with van der Waals surface area (Å²) in [6, 6.07) is 2.96. The van der Waals surface area contributed by atoms with Gasteiger partial charge in [-0.25, -0.2) is 13.8 Å². The molecule has 0 radical (unpaired) electrons. The first-order valence-electron chi connectivity index (χ1n) is 8.68. The summed E-state index contributed by atoms with van der Waals surface area (Å²) in [6.07, 6.45) is 1.65. The van der Waals surface area contributed by atoms with Crippen molar-refractivity contribution in [1.82, 2.24) is 14.6 Å². The Morgan fingerprint density at radius 1 is 1.24 bits per heavy atom. The molecule has 2 aromatic heterocycles. The standard InChI is InChI=1S/C13H19N4O11P5/c1-2-13(9-4-3-7-12(14)15-6-16-17(7)9)11(19)10(18)8(27-13)5-29-32(23,24)28-33(25,26)30-31(20,21)22/h1,3-4,6,8,10-11,18-19,29-30H,5H2,(H,23,24)(H,25,26)(H2,14,15,16)(H2,20,21,22)/t8-,10-,11-,13+/m1/s1. The van der Waals surface area contributed by atoms with Crippen molar-refractivity contribution in [1.29, 1.82) is 0 Å². The van der Waals surface area contributed by atoms with E-state index in [4.69, 9.17) is 26.7 Å². The molecule has 1 saturated heterocycles. The first-order chi connectivity index (χ1) is 15.1. The summed E-state index contributed by atoms with van der Waals surface area (Å²) >= 11 is 0. The predicted octanol–water partition coefficient (Wildman–Crippen LogP) is -0.0723. The van der Waals surface area contributed by atoms with Gasteiger partial charge in [0.05, 0.1) is 11.8 Å². The van der Waals surface area contributed by atoms with Gasteiger partial charge in [-0.2, -0.15) is 5.10 Å². The van der Waals surface area contributed by atoms with Crippen LogP contribution in [-0.2, 0) is 28.3 Å². The number of ether oxygens (including phenoxy) is 1. The quantitative estimate of drug-likeness (QED) is 0.164. The van der Waals surface area contributed by atoms with E-state index >= 15 is 0 Å². The lowest BCUT2D eigenvalue weighted by molar-refractivity contribution is -0.0432. The van der Waals surface area contributed by atoms with Crippen molar-refractivity contribution in [3.63, 3.8) is 0 Å². The zero-order valence-electron chi connectivity index (χ0n) is 16.2. The number of anilines is 1. The number of nitrogens with two attached hydrogens (primary N) is 1. The molecule has 1 fully saturated rings. The summed E-state index contributed by atoms with van der Waals surface area (Å²) in [7, 11) is -18.0. The van der Waals surface area contributed by atoms with Gasteiger partial charge < -0.3 is 40.3 Å². The highest BCUT2D eigenvalue weighted by atomic mass is 32.5. The largest absolute Gasteiger partial charge is 0.388 e. The molecule has 15 nitrogen and oxygen atoms in total. The third-order valence-corrected chi connectivity index (χ3v) is 17.1. The lowest BCUT2D eigenvalue weighted by Gasteiger charge is -2.26. The van der Waals surface area contributed by atoms with Crippen LogP contribution in [0.2, 0.25) is 0 Å². The van der Waals surface area contributed by atoms with E-state index in [1.165, 1.54) is 16.6 Å². The molecule has 33 heavy (non-hydrogen) atoms. The highest BCUT2D eigenvalue weighted by Gasteiger charge is 2.56. The molecule has 0 aliphatic carbocycles. The lowest BCUT2D eigenvalue weighted by atomic mass is 9.92. The summed E-state index contributed by atoms with van der Waals surface area (Å²) in [5.41, 5.74) is 4.32. The lowest BCUT2D eigenvalue weighted by Crippen LogP contribution is -2.40. The minimum absolute atomic E-state index is 0.109. The molecule has 1 aliphatic rings. The Morgan fingerprint density at radius 2 is 1.91 bits per heavy atom. The first-order valence-corrected chi connectivity index (χ1v) is 18.2.